The molecule has 0 saturated carbocycles. The van der Waals surface area contributed by atoms with Gasteiger partial charge in [-0.25, -0.2) is 0 Å². The van der Waals surface area contributed by atoms with Gasteiger partial charge < -0.3 is 25.3 Å². The normalized spacial score (nSPS) is 21.5. The zero-order valence-electron chi connectivity index (χ0n) is 4.05. The summed E-state index contributed by atoms with van der Waals surface area (Å²) in [6.45, 7) is 0. The molecule has 1 heterocycles. The maximum Gasteiger partial charge on any atom is 0.00527 e. The molecule has 0 fully saturated rings. The van der Waals surface area contributed by atoms with Crippen molar-refractivity contribution in [2.24, 2.45) is 0 Å². The minimum atomic E-state index is 0.913. The molecule has 0 bridgehead atoms. The van der Waals surface area contributed by atoms with Crippen molar-refractivity contribution in [3.63, 3.8) is 0 Å². The summed E-state index contributed by atoms with van der Waals surface area (Å²) in [5.74, 6) is 2.26. The Morgan fingerprint density at radius 2 is 1.38 bits per heavy atom. The van der Waals surface area contributed by atoms with Crippen LogP contribution in [0.4, 0.5) is 0 Å². The Bertz CT molecular complexity index is 103. The first-order valence-corrected chi connectivity index (χ1v) is 4.93. The van der Waals surface area contributed by atoms with Gasteiger partial charge in [0.2, 0.25) is 0 Å². The van der Waals surface area contributed by atoms with Crippen LogP contribution in [0.1, 0.15) is 0 Å². The van der Waals surface area contributed by atoms with E-state index in [9.17, 15) is 0 Å². The predicted octanol–water partition coefficient (Wildman–Crippen LogP) is 1.69. The van der Waals surface area contributed by atoms with Gasteiger partial charge in [-0.15, -0.1) is 0 Å². The molecule has 0 unspecified atom stereocenters. The highest BCUT2D eigenvalue weighted by atomic mass is 32.2. The van der Waals surface area contributed by atoms with Crippen LogP contribution in [0, 0.1) is 0 Å². The highest BCUT2D eigenvalue weighted by Gasteiger charge is 1.93. The van der Waals surface area contributed by atoms with Gasteiger partial charge in [-0.05, 0) is 0 Å². The van der Waals surface area contributed by atoms with Crippen LogP contribution < -0.4 is 0 Å². The van der Waals surface area contributed by atoms with E-state index in [-0.39, 0.29) is 0 Å². The van der Waals surface area contributed by atoms with Crippen LogP contribution in [-0.2, 0) is 25.3 Å². The van der Waals surface area contributed by atoms with Crippen molar-refractivity contribution >= 4 is 48.8 Å². The summed E-state index contributed by atoms with van der Waals surface area (Å²) in [4.78, 5) is 0. The zero-order valence-corrected chi connectivity index (χ0v) is 7.31. The minimum Gasteiger partial charge on any atom is -0.774 e. The highest BCUT2D eigenvalue weighted by molar-refractivity contribution is 8.19. The summed E-state index contributed by atoms with van der Waals surface area (Å²) in [5, 5.41) is 0. The lowest BCUT2D eigenvalue weighted by molar-refractivity contribution is 1.56. The van der Waals surface area contributed by atoms with Crippen molar-refractivity contribution < 1.29 is 0 Å². The smallest absolute Gasteiger partial charge is 0.00527 e. The molecular weight excluding hydrogens is 176 g/mol. The van der Waals surface area contributed by atoms with Crippen molar-refractivity contribution in [1.29, 1.82) is 0 Å². The third kappa shape index (κ3) is 1.69. The third-order valence-electron chi connectivity index (χ3n) is 0.716. The maximum atomic E-state index is 4.93. The van der Waals surface area contributed by atoms with Crippen LogP contribution in [-0.4, -0.2) is 11.5 Å². The molecule has 0 radical (unpaired) electrons. The van der Waals surface area contributed by atoms with Crippen molar-refractivity contribution in [2.45, 2.75) is 0 Å². The second kappa shape index (κ2) is 3.15. The average molecular weight is 180 g/mol. The van der Waals surface area contributed by atoms with Gasteiger partial charge >= 0.3 is 0 Å². The van der Waals surface area contributed by atoms with E-state index in [0.29, 0.717) is 0 Å². The van der Waals surface area contributed by atoms with Crippen LogP contribution in [0.25, 0.3) is 0 Å². The van der Waals surface area contributed by atoms with Crippen molar-refractivity contribution in [2.75, 3.05) is 11.5 Å². The summed E-state index contributed by atoms with van der Waals surface area (Å²) in [6.07, 6.45) is 0. The Hall–Kier alpha value is 0.880. The molecule has 4 heteroatoms. The largest absolute Gasteiger partial charge is 0.774 e. The van der Waals surface area contributed by atoms with Gasteiger partial charge in [0.05, 0.1) is 0 Å². The maximum absolute atomic E-state index is 4.93. The van der Waals surface area contributed by atoms with Crippen LogP contribution in [0.15, 0.2) is 8.47 Å². The molecule has 0 aromatic rings. The number of rotatable bonds is 0. The molecule has 1 aliphatic heterocycles. The van der Waals surface area contributed by atoms with Crippen LogP contribution >= 0.6 is 23.5 Å². The Morgan fingerprint density at radius 3 is 1.62 bits per heavy atom. The Balaban J connectivity index is 2.60. The average Bonchev–Trinajstić information content (AvgIpc) is 1.77. The lowest BCUT2D eigenvalue weighted by Gasteiger charge is -2.27. The van der Waals surface area contributed by atoms with Gasteiger partial charge in [0.15, 0.2) is 0 Å². The lowest BCUT2D eigenvalue weighted by atomic mass is 11.0. The molecule has 0 saturated heterocycles. The molecular formula is C4H4S4-2. The van der Waals surface area contributed by atoms with Gasteiger partial charge in [-0.3, -0.25) is 0 Å². The Morgan fingerprint density at radius 1 is 1.00 bits per heavy atom. The molecule has 0 amide bonds. The molecule has 46 valence electrons. The summed E-state index contributed by atoms with van der Waals surface area (Å²) >= 11 is 13.2. The summed E-state index contributed by atoms with van der Waals surface area (Å²) in [5.41, 5.74) is 0. The van der Waals surface area contributed by atoms with Crippen molar-refractivity contribution in [1.82, 2.24) is 0 Å². The number of thioether (sulfide) groups is 2. The molecule has 0 aliphatic carbocycles. The summed E-state index contributed by atoms with van der Waals surface area (Å²) in [6, 6.07) is 0. The van der Waals surface area contributed by atoms with Crippen LogP contribution in [0.5, 0.6) is 0 Å². The summed E-state index contributed by atoms with van der Waals surface area (Å²) < 4.78 is 1.83. The molecule has 1 rings (SSSR count). The first kappa shape index (κ1) is 6.99. The van der Waals surface area contributed by atoms with Crippen LogP contribution in [0.2, 0.25) is 0 Å². The van der Waals surface area contributed by atoms with Gasteiger partial charge in [-0.2, -0.15) is 32.0 Å². The zero-order chi connectivity index (χ0) is 5.98. The van der Waals surface area contributed by atoms with E-state index in [1.54, 1.807) is 23.5 Å². The standard InChI is InChI=1S/C4H6S4/c5-3-4(6)8-2-1-7-3/h5-6H,1-2H2/p-2. The molecule has 0 aromatic carbocycles. The van der Waals surface area contributed by atoms with Gasteiger partial charge in [0, 0.05) is 11.5 Å². The SMILES string of the molecule is [S-]C1=C([S-])SCCS1. The monoisotopic (exact) mass is 180 g/mol. The second-order valence-corrected chi connectivity index (χ2v) is 4.82. The van der Waals surface area contributed by atoms with E-state index < -0.39 is 0 Å². The van der Waals surface area contributed by atoms with E-state index in [1.807, 2.05) is 0 Å². The number of hydrogen-bond acceptors (Lipinski definition) is 4. The quantitative estimate of drug-likeness (QED) is 0.520. The van der Waals surface area contributed by atoms with E-state index in [4.69, 9.17) is 25.3 Å². The lowest BCUT2D eigenvalue weighted by Crippen LogP contribution is -1.92. The highest BCUT2D eigenvalue weighted by Crippen LogP contribution is 2.31. The summed E-state index contributed by atoms with van der Waals surface area (Å²) in [7, 11) is 0. The predicted molar refractivity (Wildman–Crippen MR) is 46.7 cm³/mol. The topological polar surface area (TPSA) is 0 Å². The van der Waals surface area contributed by atoms with Gasteiger partial charge in [0.1, 0.15) is 0 Å². The molecule has 8 heavy (non-hydrogen) atoms. The molecule has 0 nitrogen and oxygen atoms in total. The fourth-order valence-corrected chi connectivity index (χ4v) is 2.87. The van der Waals surface area contributed by atoms with Crippen molar-refractivity contribution in [3.05, 3.63) is 8.47 Å². The van der Waals surface area contributed by atoms with Gasteiger partial charge in [0.25, 0.3) is 0 Å². The van der Waals surface area contributed by atoms with E-state index in [2.05, 4.69) is 0 Å². The van der Waals surface area contributed by atoms with E-state index >= 15 is 0 Å². The second-order valence-electron chi connectivity index (χ2n) is 1.27. The van der Waals surface area contributed by atoms with E-state index in [1.165, 1.54) is 0 Å². The fourth-order valence-electron chi connectivity index (χ4n) is 0.387. The fraction of sp³-hybridized carbons (Fsp3) is 0.500. The number of hydrogen-bond donors (Lipinski definition) is 0. The first-order chi connectivity index (χ1) is 3.80. The van der Waals surface area contributed by atoms with Crippen LogP contribution in [0.3, 0.4) is 0 Å². The van der Waals surface area contributed by atoms with Crippen molar-refractivity contribution in [3.8, 4) is 0 Å². The Kier molecular flexibility index (Phi) is 2.75. The van der Waals surface area contributed by atoms with Gasteiger partial charge in [-0.1, -0.05) is 0 Å². The molecule has 1 aliphatic rings. The molecule has 0 spiro atoms. The minimum absolute atomic E-state index is 0.913. The molecule has 0 N–H and O–H groups in total. The van der Waals surface area contributed by atoms with E-state index in [0.717, 1.165) is 20.0 Å². The Labute approximate surface area is 68.7 Å². The third-order valence-corrected chi connectivity index (χ3v) is 4.36. The molecule has 0 aromatic heterocycles. The molecule has 0 atom stereocenters. The first-order valence-electron chi connectivity index (χ1n) is 2.14.